The number of hydrogen-bond acceptors (Lipinski definition) is 0. The van der Waals surface area contributed by atoms with Gasteiger partial charge >= 0.3 is 0 Å². The Bertz CT molecular complexity index is 135. The lowest BCUT2D eigenvalue weighted by Crippen LogP contribution is -2.16. The molecule has 52 valence electrons. The highest BCUT2D eigenvalue weighted by Gasteiger charge is 2.07. The van der Waals surface area contributed by atoms with E-state index in [0.29, 0.717) is 0 Å². The van der Waals surface area contributed by atoms with Crippen LogP contribution in [0.3, 0.4) is 0 Å². The number of rotatable bonds is 0. The van der Waals surface area contributed by atoms with E-state index < -0.39 is 12.9 Å². The molecule has 0 amide bonds. The molecule has 0 radical (unpaired) electrons. The molecule has 0 atom stereocenters. The first kappa shape index (κ1) is 9.36. The second-order valence-electron chi connectivity index (χ2n) is 2.82. The molecule has 0 aliphatic carbocycles. The van der Waals surface area contributed by atoms with Gasteiger partial charge in [0.2, 0.25) is 0 Å². The van der Waals surface area contributed by atoms with Gasteiger partial charge in [-0.1, -0.05) is 48.8 Å². The summed E-state index contributed by atoms with van der Waals surface area (Å²) in [7, 11) is -1.25. The van der Waals surface area contributed by atoms with Gasteiger partial charge < -0.3 is 0 Å². The topological polar surface area (TPSA) is 0 Å². The van der Waals surface area contributed by atoms with Gasteiger partial charge in [0.15, 0.2) is 4.84 Å². The van der Waals surface area contributed by atoms with Crippen LogP contribution in [-0.2, 0) is 0 Å². The van der Waals surface area contributed by atoms with Crippen molar-refractivity contribution in [2.75, 3.05) is 0 Å². The molecule has 0 heterocycles. The summed E-state index contributed by atoms with van der Waals surface area (Å²) in [6.07, 6.45) is 0. The fourth-order valence-electron chi connectivity index (χ4n) is 0.271. The Balaban J connectivity index is 3.88. The molecule has 0 rings (SSSR count). The van der Waals surface area contributed by atoms with E-state index in [1.165, 1.54) is 0 Å². The van der Waals surface area contributed by atoms with Crippen molar-refractivity contribution in [3.63, 3.8) is 0 Å². The van der Waals surface area contributed by atoms with Crippen molar-refractivity contribution >= 4 is 31.3 Å². The third-order valence-electron chi connectivity index (χ3n) is 0.556. The van der Waals surface area contributed by atoms with Crippen molar-refractivity contribution in [3.05, 3.63) is 0 Å². The maximum absolute atomic E-state index is 5.40. The van der Waals surface area contributed by atoms with Crippen molar-refractivity contribution in [2.45, 2.75) is 24.5 Å². The fraction of sp³-hybridized carbons (Fsp3) is 0.667. The molecule has 0 bridgehead atoms. The molecule has 0 spiro atoms. The number of alkyl halides is 2. The molecule has 0 aromatic heterocycles. The zero-order chi connectivity index (χ0) is 7.49. The van der Waals surface area contributed by atoms with Crippen LogP contribution in [0.1, 0.15) is 0 Å². The lowest BCUT2D eigenvalue weighted by Gasteiger charge is -2.02. The van der Waals surface area contributed by atoms with Crippen LogP contribution in [0.15, 0.2) is 0 Å². The third kappa shape index (κ3) is 8.36. The molecule has 0 aliphatic heterocycles. The Kier molecular flexibility index (Phi) is 3.65. The number of hydrogen-bond donors (Lipinski definition) is 0. The van der Waals surface area contributed by atoms with Gasteiger partial charge in [0.25, 0.3) is 0 Å². The summed E-state index contributed by atoms with van der Waals surface area (Å²) in [5.74, 6) is 2.73. The van der Waals surface area contributed by atoms with Crippen LogP contribution >= 0.6 is 23.2 Å². The number of halogens is 2. The van der Waals surface area contributed by atoms with Gasteiger partial charge in [0.05, 0.1) is 0 Å². The monoisotopic (exact) mass is 180 g/mol. The fourth-order valence-corrected chi connectivity index (χ4v) is 1.14. The van der Waals surface area contributed by atoms with E-state index in [9.17, 15) is 0 Å². The molecule has 0 saturated carbocycles. The van der Waals surface area contributed by atoms with Crippen molar-refractivity contribution in [3.8, 4) is 11.5 Å². The standard InChI is InChI=1S/C6H10Cl2Si/c1-9(2,3)5-4-6(7)8/h6H,1-3H3. The lowest BCUT2D eigenvalue weighted by atomic mass is 10.8. The van der Waals surface area contributed by atoms with E-state index in [1.807, 2.05) is 0 Å². The molecule has 0 aromatic carbocycles. The largest absolute Gasteiger partial charge is 0.167 e. The van der Waals surface area contributed by atoms with Gasteiger partial charge in [0.1, 0.15) is 8.07 Å². The van der Waals surface area contributed by atoms with Crippen LogP contribution in [0.5, 0.6) is 0 Å². The van der Waals surface area contributed by atoms with Gasteiger partial charge in [-0.3, -0.25) is 0 Å². The van der Waals surface area contributed by atoms with E-state index in [-0.39, 0.29) is 0 Å². The average Bonchev–Trinajstić information content (AvgIpc) is 1.59. The summed E-state index contributed by atoms with van der Waals surface area (Å²) in [6.45, 7) is 6.45. The van der Waals surface area contributed by atoms with Crippen molar-refractivity contribution in [2.24, 2.45) is 0 Å². The Morgan fingerprint density at radius 3 is 1.78 bits per heavy atom. The molecule has 0 aliphatic rings. The van der Waals surface area contributed by atoms with Crippen LogP contribution in [0, 0.1) is 11.5 Å². The van der Waals surface area contributed by atoms with Crippen LogP contribution < -0.4 is 0 Å². The molecule has 3 heteroatoms. The predicted molar refractivity (Wildman–Crippen MR) is 46.6 cm³/mol. The van der Waals surface area contributed by atoms with E-state index >= 15 is 0 Å². The van der Waals surface area contributed by atoms with Crippen LogP contribution in [-0.4, -0.2) is 12.9 Å². The van der Waals surface area contributed by atoms with E-state index in [0.717, 1.165) is 0 Å². The molecule has 0 fully saturated rings. The highest BCUT2D eigenvalue weighted by atomic mass is 35.5. The summed E-state index contributed by atoms with van der Waals surface area (Å²) in [5, 5.41) is 0. The van der Waals surface area contributed by atoms with Crippen LogP contribution in [0.2, 0.25) is 19.6 Å². The molecule has 0 saturated heterocycles. The van der Waals surface area contributed by atoms with Gasteiger partial charge in [-0.15, -0.1) is 5.54 Å². The summed E-state index contributed by atoms with van der Waals surface area (Å²) >= 11 is 10.8. The minimum absolute atomic E-state index is 0.517. The highest BCUT2D eigenvalue weighted by Crippen LogP contribution is 2.01. The second kappa shape index (κ2) is 3.51. The normalized spacial score (nSPS) is 10.9. The minimum Gasteiger partial charge on any atom is -0.129 e. The zero-order valence-electron chi connectivity index (χ0n) is 5.83. The molecule has 9 heavy (non-hydrogen) atoms. The summed E-state index contributed by atoms with van der Waals surface area (Å²) in [6, 6.07) is 0. The first-order valence-electron chi connectivity index (χ1n) is 2.73. The van der Waals surface area contributed by atoms with Crippen molar-refractivity contribution < 1.29 is 0 Å². The molecule has 0 N–H and O–H groups in total. The minimum atomic E-state index is -1.25. The quantitative estimate of drug-likeness (QED) is 0.306. The van der Waals surface area contributed by atoms with E-state index in [4.69, 9.17) is 23.2 Å². The Hall–Kier alpha value is 0.357. The molecule has 0 nitrogen and oxygen atoms in total. The smallest absolute Gasteiger partial charge is 0.129 e. The molecule has 0 unspecified atom stereocenters. The maximum atomic E-state index is 5.40. The SMILES string of the molecule is C[Si](C)(C)C#CC(Cl)Cl. The van der Waals surface area contributed by atoms with E-state index in [2.05, 4.69) is 31.1 Å². The first-order chi connectivity index (χ1) is 3.92. The van der Waals surface area contributed by atoms with Gasteiger partial charge in [-0.2, -0.15) is 0 Å². The van der Waals surface area contributed by atoms with Crippen LogP contribution in [0.25, 0.3) is 0 Å². The Labute approximate surface area is 67.6 Å². The molecular weight excluding hydrogens is 171 g/mol. The van der Waals surface area contributed by atoms with E-state index in [1.54, 1.807) is 0 Å². The van der Waals surface area contributed by atoms with Gasteiger partial charge in [0, 0.05) is 0 Å². The average molecular weight is 181 g/mol. The Morgan fingerprint density at radius 1 is 1.22 bits per heavy atom. The zero-order valence-corrected chi connectivity index (χ0v) is 8.35. The first-order valence-corrected chi connectivity index (χ1v) is 7.10. The summed E-state index contributed by atoms with van der Waals surface area (Å²) < 4.78 is 0. The Morgan fingerprint density at radius 2 is 1.67 bits per heavy atom. The van der Waals surface area contributed by atoms with Gasteiger partial charge in [-0.05, 0) is 0 Å². The molecular formula is C6H10Cl2Si. The second-order valence-corrected chi connectivity index (χ2v) is 8.67. The predicted octanol–water partition coefficient (Wildman–Crippen LogP) is 2.67. The highest BCUT2D eigenvalue weighted by molar-refractivity contribution is 6.84. The maximum Gasteiger partial charge on any atom is 0.167 e. The van der Waals surface area contributed by atoms with Crippen molar-refractivity contribution in [1.29, 1.82) is 0 Å². The van der Waals surface area contributed by atoms with Gasteiger partial charge in [-0.25, -0.2) is 0 Å². The van der Waals surface area contributed by atoms with Crippen molar-refractivity contribution in [1.82, 2.24) is 0 Å². The summed E-state index contributed by atoms with van der Waals surface area (Å²) in [4.78, 5) is -0.517. The van der Waals surface area contributed by atoms with Crippen LogP contribution in [0.4, 0.5) is 0 Å². The summed E-state index contributed by atoms with van der Waals surface area (Å²) in [5.41, 5.74) is 3.05. The lowest BCUT2D eigenvalue weighted by molar-refractivity contribution is 1.72. The molecule has 0 aromatic rings. The third-order valence-corrected chi connectivity index (χ3v) is 1.67.